The standard InChI is InChI=1S/C28H27Cl3N2O6S/c29-19-5-2-4-17(13-19)24(34)8-10-33-9-7-21-18(15-33)14-22(30)25(26(21)31)27(35)32-23(28(36)37)12-16-3-1-6-20(11-16)40(38)39/h1-6,11,13-14,23-24,34H,7-10,12,15H2,(H,32,35)(H,36,37)(H,38,39)/p-1/t23-,24?/m0/s1. The van der Waals surface area contributed by atoms with E-state index in [4.69, 9.17) is 34.8 Å². The summed E-state index contributed by atoms with van der Waals surface area (Å²) in [6, 6.07) is 13.3. The lowest BCUT2D eigenvalue weighted by molar-refractivity contribution is -0.139. The van der Waals surface area contributed by atoms with Crippen molar-refractivity contribution >= 4 is 57.8 Å². The number of nitrogens with one attached hydrogen (secondary N) is 1. The van der Waals surface area contributed by atoms with Gasteiger partial charge < -0.3 is 20.1 Å². The molecule has 212 valence electrons. The topological polar surface area (TPSA) is 130 Å². The molecule has 1 aliphatic heterocycles. The second-order valence-corrected chi connectivity index (χ2v) is 11.7. The number of hydrogen-bond acceptors (Lipinski definition) is 6. The van der Waals surface area contributed by atoms with E-state index < -0.39 is 35.1 Å². The molecular formula is C28H26Cl3N2O6S-. The number of hydrogen-bond donors (Lipinski definition) is 3. The molecule has 4 rings (SSSR count). The highest BCUT2D eigenvalue weighted by atomic mass is 35.5. The van der Waals surface area contributed by atoms with Crippen molar-refractivity contribution in [2.45, 2.75) is 42.8 Å². The Morgan fingerprint density at radius 2 is 1.85 bits per heavy atom. The van der Waals surface area contributed by atoms with E-state index in [1.165, 1.54) is 18.2 Å². The van der Waals surface area contributed by atoms with E-state index in [-0.39, 0.29) is 26.9 Å². The van der Waals surface area contributed by atoms with Crippen molar-refractivity contribution in [1.29, 1.82) is 0 Å². The van der Waals surface area contributed by atoms with Crippen molar-refractivity contribution in [2.24, 2.45) is 0 Å². The average Bonchev–Trinajstić information content (AvgIpc) is 2.91. The van der Waals surface area contributed by atoms with Crippen molar-refractivity contribution in [3.63, 3.8) is 0 Å². The lowest BCUT2D eigenvalue weighted by Gasteiger charge is -2.31. The molecule has 0 saturated heterocycles. The van der Waals surface area contributed by atoms with Gasteiger partial charge >= 0.3 is 5.97 Å². The maximum atomic E-state index is 13.2. The average molecular weight is 625 g/mol. The fraction of sp³-hybridized carbons (Fsp3) is 0.286. The minimum atomic E-state index is -2.47. The number of aliphatic carboxylic acids is 1. The molecule has 0 aliphatic carbocycles. The highest BCUT2D eigenvalue weighted by Gasteiger charge is 2.28. The Kier molecular flexibility index (Phi) is 10.2. The van der Waals surface area contributed by atoms with Crippen LogP contribution >= 0.6 is 34.8 Å². The number of carboxylic acid groups (broad SMARTS) is 1. The van der Waals surface area contributed by atoms with Gasteiger partial charge in [0.15, 0.2) is 0 Å². The number of fused-ring (bicyclic) bond motifs is 1. The SMILES string of the molecule is O=C(N[C@@H](Cc1cccc(S(=O)[O-])c1)C(=O)O)c1c(Cl)cc2c(c1Cl)CCN(CCC(O)c1cccc(Cl)c1)C2. The number of carbonyl (C=O) groups excluding carboxylic acids is 1. The van der Waals surface area contributed by atoms with Gasteiger partial charge in [0, 0.05) is 36.0 Å². The number of rotatable bonds is 10. The minimum absolute atomic E-state index is 0.00688. The van der Waals surface area contributed by atoms with Gasteiger partial charge in [0.2, 0.25) is 0 Å². The predicted octanol–water partition coefficient (Wildman–Crippen LogP) is 4.79. The van der Waals surface area contributed by atoms with Gasteiger partial charge in [-0.05, 0) is 76.5 Å². The maximum Gasteiger partial charge on any atom is 0.326 e. The molecular weight excluding hydrogens is 599 g/mol. The predicted molar refractivity (Wildman–Crippen MR) is 153 cm³/mol. The van der Waals surface area contributed by atoms with E-state index in [1.54, 1.807) is 30.3 Å². The molecule has 2 unspecified atom stereocenters. The molecule has 12 heteroatoms. The zero-order valence-corrected chi connectivity index (χ0v) is 24.2. The Bertz CT molecular complexity index is 1450. The summed E-state index contributed by atoms with van der Waals surface area (Å²) in [5, 5.41) is 23.6. The number of aliphatic hydroxyl groups is 1. The second-order valence-electron chi connectivity index (χ2n) is 9.52. The minimum Gasteiger partial charge on any atom is -0.768 e. The fourth-order valence-electron chi connectivity index (χ4n) is 4.74. The molecule has 3 aromatic carbocycles. The number of aliphatic hydroxyl groups excluding tert-OH is 1. The first-order chi connectivity index (χ1) is 19.0. The lowest BCUT2D eigenvalue weighted by Crippen LogP contribution is -2.42. The van der Waals surface area contributed by atoms with Gasteiger partial charge in [-0.2, -0.15) is 0 Å². The number of carbonyl (C=O) groups is 2. The van der Waals surface area contributed by atoms with Crippen molar-refractivity contribution in [3.8, 4) is 0 Å². The Labute approximate surface area is 249 Å². The molecule has 3 N–H and O–H groups in total. The highest BCUT2D eigenvalue weighted by molar-refractivity contribution is 7.79. The molecule has 1 amide bonds. The number of amides is 1. The highest BCUT2D eigenvalue weighted by Crippen LogP contribution is 2.35. The molecule has 0 bridgehead atoms. The van der Waals surface area contributed by atoms with E-state index in [9.17, 15) is 28.6 Å². The van der Waals surface area contributed by atoms with Crippen LogP contribution in [0.2, 0.25) is 15.1 Å². The van der Waals surface area contributed by atoms with E-state index in [0.717, 1.165) is 16.7 Å². The molecule has 0 radical (unpaired) electrons. The summed E-state index contributed by atoms with van der Waals surface area (Å²) >= 11 is 16.7. The van der Waals surface area contributed by atoms with E-state index in [1.807, 2.05) is 6.07 Å². The van der Waals surface area contributed by atoms with Crippen LogP contribution in [0.5, 0.6) is 0 Å². The van der Waals surface area contributed by atoms with E-state index in [2.05, 4.69) is 10.2 Å². The van der Waals surface area contributed by atoms with Crippen molar-refractivity contribution in [2.75, 3.05) is 13.1 Å². The first-order valence-corrected chi connectivity index (χ1v) is 14.6. The molecule has 0 fully saturated rings. The Morgan fingerprint density at radius 1 is 1.10 bits per heavy atom. The van der Waals surface area contributed by atoms with E-state index in [0.29, 0.717) is 43.1 Å². The quantitative estimate of drug-likeness (QED) is 0.277. The van der Waals surface area contributed by atoms with Gasteiger partial charge in [-0.15, -0.1) is 0 Å². The van der Waals surface area contributed by atoms with Gasteiger partial charge in [-0.25, -0.2) is 4.79 Å². The smallest absolute Gasteiger partial charge is 0.326 e. The molecule has 3 aromatic rings. The molecule has 8 nitrogen and oxygen atoms in total. The lowest BCUT2D eigenvalue weighted by atomic mass is 9.95. The van der Waals surface area contributed by atoms with Crippen molar-refractivity contribution < 1.29 is 28.6 Å². The molecule has 1 aliphatic rings. The number of halogens is 3. The third-order valence-electron chi connectivity index (χ3n) is 6.80. The summed E-state index contributed by atoms with van der Waals surface area (Å²) in [7, 11) is 0. The summed E-state index contributed by atoms with van der Waals surface area (Å²) < 4.78 is 22.5. The number of carboxylic acids is 1. The second kappa shape index (κ2) is 13.4. The first-order valence-electron chi connectivity index (χ1n) is 12.4. The molecule has 40 heavy (non-hydrogen) atoms. The van der Waals surface area contributed by atoms with Gasteiger partial charge in [0.05, 0.1) is 21.7 Å². The van der Waals surface area contributed by atoms with Crippen LogP contribution in [-0.4, -0.2) is 54.9 Å². The largest absolute Gasteiger partial charge is 0.768 e. The van der Waals surface area contributed by atoms with Crippen LogP contribution in [-0.2, 0) is 35.3 Å². The zero-order chi connectivity index (χ0) is 29.0. The summed E-state index contributed by atoms with van der Waals surface area (Å²) in [6.45, 7) is 1.78. The first kappa shape index (κ1) is 30.5. The third-order valence-corrected chi connectivity index (χ3v) is 8.39. The summed E-state index contributed by atoms with van der Waals surface area (Å²) in [5.74, 6) is -2.02. The number of nitrogens with zero attached hydrogens (tertiary/aromatic N) is 1. The summed E-state index contributed by atoms with van der Waals surface area (Å²) in [5.41, 5.74) is 2.79. The van der Waals surface area contributed by atoms with Gasteiger partial charge in [-0.3, -0.25) is 13.9 Å². The van der Waals surface area contributed by atoms with Crippen LogP contribution in [0.3, 0.4) is 0 Å². The molecule has 0 saturated carbocycles. The van der Waals surface area contributed by atoms with Crippen LogP contribution in [0.4, 0.5) is 0 Å². The molecule has 1 heterocycles. The van der Waals surface area contributed by atoms with Crippen LogP contribution in [0.1, 0.15) is 45.1 Å². The fourth-order valence-corrected chi connectivity index (χ4v) is 6.14. The van der Waals surface area contributed by atoms with Gasteiger partial charge in [-0.1, -0.05) is 59.1 Å². The van der Waals surface area contributed by atoms with Gasteiger partial charge in [0.1, 0.15) is 6.04 Å². The monoisotopic (exact) mass is 623 g/mol. The van der Waals surface area contributed by atoms with Crippen molar-refractivity contribution in [1.82, 2.24) is 10.2 Å². The van der Waals surface area contributed by atoms with Crippen LogP contribution < -0.4 is 5.32 Å². The van der Waals surface area contributed by atoms with Crippen LogP contribution in [0, 0.1) is 0 Å². The maximum absolute atomic E-state index is 13.2. The Hall–Kier alpha value is -2.50. The van der Waals surface area contributed by atoms with Crippen LogP contribution in [0.25, 0.3) is 0 Å². The number of benzene rings is 3. The van der Waals surface area contributed by atoms with E-state index >= 15 is 0 Å². The van der Waals surface area contributed by atoms with Crippen molar-refractivity contribution in [3.05, 3.63) is 97.5 Å². The Balaban J connectivity index is 1.44. The zero-order valence-electron chi connectivity index (χ0n) is 21.1. The van der Waals surface area contributed by atoms with Crippen LogP contribution in [0.15, 0.2) is 59.5 Å². The normalized spacial score (nSPS) is 15.6. The summed E-state index contributed by atoms with van der Waals surface area (Å²) in [6.07, 6.45) is 0.246. The third kappa shape index (κ3) is 7.41. The van der Waals surface area contributed by atoms with Gasteiger partial charge in [0.25, 0.3) is 5.91 Å². The molecule has 3 atom stereocenters. The molecule has 0 spiro atoms. The Morgan fingerprint density at radius 3 is 2.55 bits per heavy atom. The molecule has 0 aromatic heterocycles. The summed E-state index contributed by atoms with van der Waals surface area (Å²) in [4.78, 5) is 27.2.